The molecule has 9 rings (SSSR count). The van der Waals surface area contributed by atoms with Crippen LogP contribution in [0.2, 0.25) is 0 Å². The van der Waals surface area contributed by atoms with E-state index in [4.69, 9.17) is 0 Å². The maximum absolute atomic E-state index is 2.50. The minimum Gasteiger partial charge on any atom is -0.139 e. The van der Waals surface area contributed by atoms with E-state index in [9.17, 15) is 0 Å². The highest BCUT2D eigenvalue weighted by molar-refractivity contribution is 8.09. The van der Waals surface area contributed by atoms with Crippen molar-refractivity contribution in [2.24, 2.45) is 0 Å². The number of fused-ring (bicyclic) bond motifs is 7. The molecule has 0 bridgehead atoms. The maximum atomic E-state index is 2.50. The minimum atomic E-state index is 0.568. The molecule has 0 radical (unpaired) electrons. The van der Waals surface area contributed by atoms with Gasteiger partial charge in [-0.2, -0.15) is 0 Å². The first-order chi connectivity index (χ1) is 19.4. The number of aryl methyl sites for hydroxylation is 2. The average molecular weight is 589 g/mol. The molecule has 196 valence electrons. The number of thioether (sulfide) groups is 1. The molecule has 0 N–H and O–H groups in total. The van der Waals surface area contributed by atoms with Crippen molar-refractivity contribution < 1.29 is 0 Å². The van der Waals surface area contributed by atoms with Crippen molar-refractivity contribution in [2.75, 3.05) is 0 Å². The molecule has 3 aliphatic rings. The molecule has 2 aliphatic carbocycles. The van der Waals surface area contributed by atoms with Crippen LogP contribution in [-0.2, 0) is 12.8 Å². The van der Waals surface area contributed by atoms with Crippen molar-refractivity contribution in [3.63, 3.8) is 0 Å². The second-order valence-corrected chi connectivity index (χ2v) is 16.3. The summed E-state index contributed by atoms with van der Waals surface area (Å²) in [5, 5.41) is 3.35. The van der Waals surface area contributed by atoms with E-state index >= 15 is 0 Å². The van der Waals surface area contributed by atoms with Crippen LogP contribution in [0.25, 0.3) is 45.3 Å². The first kappa shape index (κ1) is 24.0. The van der Waals surface area contributed by atoms with Gasteiger partial charge in [-0.1, -0.05) is 41.0 Å². The molecular weight excluding hydrogens is 561 g/mol. The summed E-state index contributed by atoms with van der Waals surface area (Å²) in [5.74, 6) is 0. The average Bonchev–Trinajstić information content (AvgIpc) is 3.73. The Labute approximate surface area is 251 Å². The summed E-state index contributed by atoms with van der Waals surface area (Å²) in [6.07, 6.45) is 3.42. The maximum Gasteiger partial charge on any atom is 0.0476 e. The lowest BCUT2D eigenvalue weighted by atomic mass is 9.90. The molecule has 40 heavy (non-hydrogen) atoms. The Morgan fingerprint density at radius 3 is 2.12 bits per heavy atom. The fourth-order valence-electron chi connectivity index (χ4n) is 7.24. The molecule has 4 heterocycles. The fraction of sp³-hybridized carbons (Fsp3) is 0.222. The quantitative estimate of drug-likeness (QED) is 0.194. The monoisotopic (exact) mass is 588 g/mol. The Morgan fingerprint density at radius 1 is 0.650 bits per heavy atom. The van der Waals surface area contributed by atoms with E-state index in [1.54, 1.807) is 48.7 Å². The third-order valence-electron chi connectivity index (χ3n) is 9.22. The largest absolute Gasteiger partial charge is 0.139 e. The summed E-state index contributed by atoms with van der Waals surface area (Å²) in [5.41, 5.74) is 15.3. The van der Waals surface area contributed by atoms with Gasteiger partial charge in [0, 0.05) is 39.1 Å². The highest BCUT2D eigenvalue weighted by Gasteiger charge is 2.38. The molecule has 0 saturated heterocycles. The van der Waals surface area contributed by atoms with Crippen molar-refractivity contribution in [2.45, 2.75) is 52.2 Å². The van der Waals surface area contributed by atoms with Gasteiger partial charge in [0.1, 0.15) is 0 Å². The van der Waals surface area contributed by atoms with E-state index in [2.05, 4.69) is 94.1 Å². The van der Waals surface area contributed by atoms with Crippen LogP contribution in [0.1, 0.15) is 61.1 Å². The van der Waals surface area contributed by atoms with Gasteiger partial charge in [0.05, 0.1) is 0 Å². The Balaban J connectivity index is 1.07. The van der Waals surface area contributed by atoms with Gasteiger partial charge in [-0.15, -0.1) is 45.8 Å². The standard InChI is InChI=1S/C36H28S4/c1-17-5-7-27-21(9-17)13-29(37-27)31-15-23-11-25-20(4)34-26(19(3)33(25)35(23)39-31)12-24-16-32(40-36(24)34)30-14-22-10-18(2)6-8-28(22)38-30/h5-10,13-15,32H,11-12,16H2,1-4H3. The lowest BCUT2D eigenvalue weighted by molar-refractivity contribution is 0.922. The Morgan fingerprint density at radius 2 is 1.32 bits per heavy atom. The zero-order valence-electron chi connectivity index (χ0n) is 23.0. The van der Waals surface area contributed by atoms with Crippen LogP contribution in [0.15, 0.2) is 60.2 Å². The summed E-state index contributed by atoms with van der Waals surface area (Å²) in [4.78, 5) is 7.53. The smallest absolute Gasteiger partial charge is 0.0476 e. The molecule has 3 aromatic heterocycles. The highest BCUT2D eigenvalue weighted by atomic mass is 32.2. The first-order valence-corrected chi connectivity index (χ1v) is 17.4. The second kappa shape index (κ2) is 8.45. The Bertz CT molecular complexity index is 2110. The number of allylic oxidation sites excluding steroid dienone is 1. The predicted octanol–water partition coefficient (Wildman–Crippen LogP) is 11.8. The molecule has 1 unspecified atom stereocenters. The van der Waals surface area contributed by atoms with Crippen LogP contribution in [0, 0.1) is 27.7 Å². The van der Waals surface area contributed by atoms with Crippen LogP contribution in [0.3, 0.4) is 0 Å². The molecule has 0 amide bonds. The van der Waals surface area contributed by atoms with Crippen molar-refractivity contribution in [1.82, 2.24) is 0 Å². The van der Waals surface area contributed by atoms with Gasteiger partial charge in [0.2, 0.25) is 0 Å². The third-order valence-corrected chi connectivity index (χ3v) is 14.5. The summed E-state index contributed by atoms with van der Waals surface area (Å²) < 4.78 is 2.82. The summed E-state index contributed by atoms with van der Waals surface area (Å²) in [7, 11) is 0. The van der Waals surface area contributed by atoms with Crippen molar-refractivity contribution in [3.8, 4) is 20.2 Å². The molecule has 6 aromatic rings. The normalized spacial score (nSPS) is 17.2. The second-order valence-electron chi connectivity index (χ2n) is 11.9. The van der Waals surface area contributed by atoms with Crippen molar-refractivity contribution in [1.29, 1.82) is 0 Å². The number of benzene rings is 3. The zero-order chi connectivity index (χ0) is 26.9. The van der Waals surface area contributed by atoms with Gasteiger partial charge in [-0.25, -0.2) is 0 Å². The van der Waals surface area contributed by atoms with Crippen molar-refractivity contribution >= 4 is 70.8 Å². The van der Waals surface area contributed by atoms with E-state index in [0.717, 1.165) is 12.8 Å². The lowest BCUT2D eigenvalue weighted by Crippen LogP contribution is -2.01. The topological polar surface area (TPSA) is 0 Å². The van der Waals surface area contributed by atoms with Gasteiger partial charge in [-0.3, -0.25) is 0 Å². The number of hydrogen-bond acceptors (Lipinski definition) is 4. The summed E-state index contributed by atoms with van der Waals surface area (Å²) in [6.45, 7) is 9.20. The first-order valence-electron chi connectivity index (χ1n) is 14.1. The number of hydrogen-bond donors (Lipinski definition) is 0. The zero-order valence-corrected chi connectivity index (χ0v) is 26.3. The molecule has 0 nitrogen and oxygen atoms in total. The van der Waals surface area contributed by atoms with Crippen molar-refractivity contribution in [3.05, 3.63) is 110 Å². The van der Waals surface area contributed by atoms with Gasteiger partial charge in [0.25, 0.3) is 0 Å². The van der Waals surface area contributed by atoms with E-state index in [0.29, 0.717) is 5.25 Å². The SMILES string of the molecule is Cc1ccc2sc(-c3cc4c(s3)-c3c(C)c5c(c(C)c3C4)C3=C(C5)CC(c4cc5cc(C)ccc5s4)S3)cc2c1. The molecular formula is C36H28S4. The van der Waals surface area contributed by atoms with Gasteiger partial charge in [-0.05, 0) is 127 Å². The van der Waals surface area contributed by atoms with Gasteiger partial charge >= 0.3 is 0 Å². The predicted molar refractivity (Wildman–Crippen MR) is 180 cm³/mol. The summed E-state index contributed by atoms with van der Waals surface area (Å²) >= 11 is 8.10. The minimum absolute atomic E-state index is 0.568. The van der Waals surface area contributed by atoms with Crippen LogP contribution >= 0.6 is 45.8 Å². The molecule has 1 aliphatic heterocycles. The van der Waals surface area contributed by atoms with Crippen LogP contribution in [0.5, 0.6) is 0 Å². The highest BCUT2D eigenvalue weighted by Crippen LogP contribution is 2.61. The molecule has 0 fully saturated rings. The van der Waals surface area contributed by atoms with E-state index < -0.39 is 0 Å². The number of rotatable bonds is 2. The molecule has 1 atom stereocenters. The van der Waals surface area contributed by atoms with E-state index in [1.807, 2.05) is 34.0 Å². The lowest BCUT2D eigenvalue weighted by Gasteiger charge is -2.19. The fourth-order valence-corrected chi connectivity index (χ4v) is 12.4. The van der Waals surface area contributed by atoms with E-state index in [-0.39, 0.29) is 0 Å². The van der Waals surface area contributed by atoms with Gasteiger partial charge < -0.3 is 0 Å². The Hall–Kier alpha value is -2.63. The van der Waals surface area contributed by atoms with E-state index in [1.165, 1.54) is 57.9 Å². The number of thiophene rings is 3. The Kier molecular flexibility index (Phi) is 5.07. The molecule has 4 heteroatoms. The molecule has 0 saturated carbocycles. The summed E-state index contributed by atoms with van der Waals surface area (Å²) in [6, 6.07) is 21.1. The third kappa shape index (κ3) is 3.37. The van der Waals surface area contributed by atoms with Crippen LogP contribution in [-0.4, -0.2) is 0 Å². The van der Waals surface area contributed by atoms with Crippen LogP contribution in [0.4, 0.5) is 0 Å². The molecule has 3 aromatic carbocycles. The van der Waals surface area contributed by atoms with Gasteiger partial charge in [0.15, 0.2) is 0 Å². The van der Waals surface area contributed by atoms with Crippen LogP contribution < -0.4 is 0 Å². The molecule has 0 spiro atoms.